The quantitative estimate of drug-likeness (QED) is 0.148. The highest BCUT2D eigenvalue weighted by Gasteiger charge is 2.18. The number of ether oxygens (including phenoxy) is 1. The van der Waals surface area contributed by atoms with E-state index in [4.69, 9.17) is 9.29 Å². The van der Waals surface area contributed by atoms with Gasteiger partial charge in [-0.15, -0.1) is 0 Å². The van der Waals surface area contributed by atoms with Crippen molar-refractivity contribution in [1.82, 2.24) is 0 Å². The monoisotopic (exact) mass is 404 g/mol. The van der Waals surface area contributed by atoms with Crippen LogP contribution in [-0.2, 0) is 14.9 Å². The van der Waals surface area contributed by atoms with Gasteiger partial charge in [-0.25, -0.2) is 0 Å². The molecule has 0 heterocycles. The van der Waals surface area contributed by atoms with Gasteiger partial charge < -0.3 is 4.74 Å². The smallest absolute Gasteiger partial charge is 0.267 e. The lowest BCUT2D eigenvalue weighted by molar-refractivity contribution is 0.00250. The van der Waals surface area contributed by atoms with Gasteiger partial charge in [0.05, 0.1) is 12.2 Å². The van der Waals surface area contributed by atoms with Crippen LogP contribution in [0, 0.1) is 0 Å². The molecular formula is C22H44O4S. The highest BCUT2D eigenvalue weighted by Crippen LogP contribution is 2.14. The Bertz CT molecular complexity index is 445. The lowest BCUT2D eigenvalue weighted by Gasteiger charge is -2.20. The molecule has 0 fully saturated rings. The molecule has 0 aromatic carbocycles. The summed E-state index contributed by atoms with van der Waals surface area (Å²) in [5.74, 6) is -0.305. The third-order valence-corrected chi connectivity index (χ3v) is 5.69. The zero-order valence-corrected chi connectivity index (χ0v) is 18.8. The SMILES string of the molecule is CCCCCCC/C=C\CCCCCCCC(C)OC(CC)CS(=O)(=O)O. The van der Waals surface area contributed by atoms with Crippen molar-refractivity contribution in [2.24, 2.45) is 0 Å². The normalized spacial score (nSPS) is 14.7. The molecule has 0 spiro atoms. The molecule has 0 saturated heterocycles. The third-order valence-electron chi connectivity index (χ3n) is 4.90. The van der Waals surface area contributed by atoms with Crippen molar-refractivity contribution in [1.29, 1.82) is 0 Å². The van der Waals surface area contributed by atoms with E-state index < -0.39 is 16.2 Å². The van der Waals surface area contributed by atoms with Crippen LogP contribution < -0.4 is 0 Å². The first-order chi connectivity index (χ1) is 12.9. The van der Waals surface area contributed by atoms with Crippen molar-refractivity contribution in [3.05, 3.63) is 12.2 Å². The highest BCUT2D eigenvalue weighted by atomic mass is 32.2. The summed E-state index contributed by atoms with van der Waals surface area (Å²) in [5.41, 5.74) is 0. The van der Waals surface area contributed by atoms with E-state index in [0.29, 0.717) is 6.42 Å². The van der Waals surface area contributed by atoms with Crippen molar-refractivity contribution in [2.75, 3.05) is 5.75 Å². The molecule has 0 aliphatic carbocycles. The molecule has 0 aliphatic rings. The molecule has 0 bridgehead atoms. The average molecular weight is 405 g/mol. The fourth-order valence-electron chi connectivity index (χ4n) is 3.21. The van der Waals surface area contributed by atoms with Gasteiger partial charge in [0.2, 0.25) is 0 Å². The number of allylic oxidation sites excluding steroid dienone is 2. The lowest BCUT2D eigenvalue weighted by atomic mass is 10.1. The summed E-state index contributed by atoms with van der Waals surface area (Å²) in [4.78, 5) is 0. The maximum Gasteiger partial charge on any atom is 0.267 e. The van der Waals surface area contributed by atoms with Crippen molar-refractivity contribution in [2.45, 2.75) is 123 Å². The summed E-state index contributed by atoms with van der Waals surface area (Å²) in [6.45, 7) is 6.12. The number of unbranched alkanes of at least 4 members (excludes halogenated alkanes) is 10. The minimum atomic E-state index is -3.96. The fourth-order valence-corrected chi connectivity index (χ4v) is 3.99. The Balaban J connectivity index is 3.50. The van der Waals surface area contributed by atoms with Crippen molar-refractivity contribution < 1.29 is 17.7 Å². The van der Waals surface area contributed by atoms with E-state index in [9.17, 15) is 8.42 Å². The van der Waals surface area contributed by atoms with Crippen LogP contribution in [0.2, 0.25) is 0 Å². The zero-order chi connectivity index (χ0) is 20.4. The van der Waals surface area contributed by atoms with Crippen LogP contribution in [0.15, 0.2) is 12.2 Å². The second-order valence-corrected chi connectivity index (χ2v) is 9.24. The second kappa shape index (κ2) is 17.7. The van der Waals surface area contributed by atoms with Crippen molar-refractivity contribution in [3.63, 3.8) is 0 Å². The molecule has 0 rings (SSSR count). The molecule has 0 amide bonds. The minimum absolute atomic E-state index is 0.0389. The summed E-state index contributed by atoms with van der Waals surface area (Å²) in [7, 11) is -3.96. The summed E-state index contributed by atoms with van der Waals surface area (Å²) < 4.78 is 36.6. The predicted molar refractivity (Wildman–Crippen MR) is 116 cm³/mol. The van der Waals surface area contributed by atoms with Gasteiger partial charge in [-0.3, -0.25) is 4.55 Å². The molecule has 0 saturated carbocycles. The number of rotatable bonds is 19. The summed E-state index contributed by atoms with van der Waals surface area (Å²) in [6, 6.07) is 0. The van der Waals surface area contributed by atoms with E-state index in [0.717, 1.165) is 12.8 Å². The molecule has 0 aliphatic heterocycles. The van der Waals surface area contributed by atoms with Crippen LogP contribution in [0.25, 0.3) is 0 Å². The second-order valence-electron chi connectivity index (χ2n) is 7.74. The fraction of sp³-hybridized carbons (Fsp3) is 0.909. The summed E-state index contributed by atoms with van der Waals surface area (Å²) in [5, 5.41) is 0. The van der Waals surface area contributed by atoms with Gasteiger partial charge in [0.25, 0.3) is 10.1 Å². The molecule has 2 unspecified atom stereocenters. The summed E-state index contributed by atoms with van der Waals surface area (Å²) >= 11 is 0. The third kappa shape index (κ3) is 20.2. The molecule has 1 N–H and O–H groups in total. The summed E-state index contributed by atoms with van der Waals surface area (Å²) in [6.07, 6.45) is 21.2. The van der Waals surface area contributed by atoms with Crippen molar-refractivity contribution in [3.8, 4) is 0 Å². The van der Waals surface area contributed by atoms with E-state index in [1.165, 1.54) is 70.6 Å². The Hall–Kier alpha value is -0.390. The van der Waals surface area contributed by atoms with Gasteiger partial charge in [-0.05, 0) is 45.4 Å². The first-order valence-electron chi connectivity index (χ1n) is 11.1. The molecule has 2 atom stereocenters. The number of hydrogen-bond acceptors (Lipinski definition) is 3. The Morgan fingerprint density at radius 3 is 1.89 bits per heavy atom. The van der Waals surface area contributed by atoms with Crippen LogP contribution in [0.3, 0.4) is 0 Å². The maximum absolute atomic E-state index is 10.9. The zero-order valence-electron chi connectivity index (χ0n) is 18.0. The lowest BCUT2D eigenvalue weighted by Crippen LogP contribution is -2.27. The topological polar surface area (TPSA) is 63.6 Å². The number of hydrogen-bond donors (Lipinski definition) is 1. The van der Waals surface area contributed by atoms with E-state index in [-0.39, 0.29) is 11.9 Å². The first kappa shape index (κ1) is 26.6. The maximum atomic E-state index is 10.9. The average Bonchev–Trinajstić information content (AvgIpc) is 2.60. The van der Waals surface area contributed by atoms with Gasteiger partial charge in [-0.1, -0.05) is 77.4 Å². The molecule has 0 aromatic heterocycles. The molecule has 27 heavy (non-hydrogen) atoms. The molecule has 0 aromatic rings. The van der Waals surface area contributed by atoms with Gasteiger partial charge >= 0.3 is 0 Å². The largest absolute Gasteiger partial charge is 0.374 e. The van der Waals surface area contributed by atoms with Gasteiger partial charge in [0, 0.05) is 0 Å². The molecule has 162 valence electrons. The van der Waals surface area contributed by atoms with E-state index in [1.54, 1.807) is 0 Å². The van der Waals surface area contributed by atoms with E-state index >= 15 is 0 Å². The van der Waals surface area contributed by atoms with Crippen LogP contribution in [0.4, 0.5) is 0 Å². The van der Waals surface area contributed by atoms with Gasteiger partial charge in [0.15, 0.2) is 0 Å². The Morgan fingerprint density at radius 1 is 0.852 bits per heavy atom. The highest BCUT2D eigenvalue weighted by molar-refractivity contribution is 7.85. The molecule has 5 heteroatoms. The van der Waals surface area contributed by atoms with E-state index in [2.05, 4.69) is 19.1 Å². The molecule has 4 nitrogen and oxygen atoms in total. The Morgan fingerprint density at radius 2 is 1.37 bits per heavy atom. The van der Waals surface area contributed by atoms with Crippen LogP contribution in [0.1, 0.15) is 111 Å². The standard InChI is InChI=1S/C22H44O4S/c1-4-6-7-8-9-10-11-12-13-14-15-16-17-18-19-21(3)26-22(5-2)20-27(23,24)25/h11-12,21-22H,4-10,13-20H2,1-3H3,(H,23,24,25)/b12-11-. The van der Waals surface area contributed by atoms with E-state index in [1.807, 2.05) is 13.8 Å². The van der Waals surface area contributed by atoms with Crippen LogP contribution in [0.5, 0.6) is 0 Å². The first-order valence-corrected chi connectivity index (χ1v) is 12.8. The van der Waals surface area contributed by atoms with Crippen LogP contribution >= 0.6 is 0 Å². The molecule has 0 radical (unpaired) electrons. The van der Waals surface area contributed by atoms with Gasteiger partial charge in [-0.2, -0.15) is 8.42 Å². The Kier molecular flexibility index (Phi) is 17.4. The van der Waals surface area contributed by atoms with Crippen LogP contribution in [-0.4, -0.2) is 30.9 Å². The predicted octanol–water partition coefficient (Wildman–Crippen LogP) is 6.71. The Labute approximate surface area is 168 Å². The molecular weight excluding hydrogens is 360 g/mol. The van der Waals surface area contributed by atoms with Gasteiger partial charge in [0.1, 0.15) is 5.75 Å². The van der Waals surface area contributed by atoms with Crippen molar-refractivity contribution >= 4 is 10.1 Å². The minimum Gasteiger partial charge on any atom is -0.374 e.